The molecule has 0 unspecified atom stereocenters. The van der Waals surface area contributed by atoms with E-state index in [1.54, 1.807) is 14.2 Å². The smallest absolute Gasteiger partial charge is 0.124 e. The van der Waals surface area contributed by atoms with Crippen LogP contribution >= 0.6 is 0 Å². The van der Waals surface area contributed by atoms with Gasteiger partial charge in [0.25, 0.3) is 0 Å². The standard InChI is InChI=1S/C19H31NO4/c1-14-6-5-7-15(2)20(14)11-17(21)13-24-12-16-10-18(22-3)8-9-19(16)23-4/h8-10,14-15,17,21H,5-7,11-13H2,1-4H3/t14-,15-,17+/m1/s1. The topological polar surface area (TPSA) is 51.2 Å². The van der Waals surface area contributed by atoms with Crippen molar-refractivity contribution < 1.29 is 19.3 Å². The fourth-order valence-corrected chi connectivity index (χ4v) is 3.43. The molecule has 0 aromatic heterocycles. The third kappa shape index (κ3) is 5.10. The van der Waals surface area contributed by atoms with Crippen molar-refractivity contribution >= 4 is 0 Å². The molecule has 0 saturated carbocycles. The van der Waals surface area contributed by atoms with E-state index < -0.39 is 6.10 Å². The van der Waals surface area contributed by atoms with Gasteiger partial charge in [0.15, 0.2) is 0 Å². The van der Waals surface area contributed by atoms with E-state index in [1.165, 1.54) is 19.3 Å². The number of aliphatic hydroxyl groups is 1. The SMILES string of the molecule is COc1ccc(OC)c(COC[C@@H](O)CN2[C@H](C)CCC[C@H]2C)c1. The Hall–Kier alpha value is -1.30. The Labute approximate surface area is 145 Å². The summed E-state index contributed by atoms with van der Waals surface area (Å²) in [6.45, 7) is 5.85. The Morgan fingerprint density at radius 3 is 2.50 bits per heavy atom. The summed E-state index contributed by atoms with van der Waals surface area (Å²) in [5, 5.41) is 10.3. The number of β-amino-alcohol motifs (C(OH)–C–C–N with tert-alkyl or cyclic N) is 1. The summed E-state index contributed by atoms with van der Waals surface area (Å²) in [5.41, 5.74) is 0.920. The highest BCUT2D eigenvalue weighted by atomic mass is 16.5. The molecule has 0 bridgehead atoms. The van der Waals surface area contributed by atoms with Gasteiger partial charge in [0.05, 0.1) is 33.5 Å². The van der Waals surface area contributed by atoms with E-state index in [0.29, 0.717) is 31.8 Å². The van der Waals surface area contributed by atoms with Gasteiger partial charge in [-0.15, -0.1) is 0 Å². The van der Waals surface area contributed by atoms with Crippen LogP contribution < -0.4 is 9.47 Å². The van der Waals surface area contributed by atoms with Crippen LogP contribution in [0.2, 0.25) is 0 Å². The van der Waals surface area contributed by atoms with Crippen molar-refractivity contribution in [1.29, 1.82) is 0 Å². The van der Waals surface area contributed by atoms with Crippen LogP contribution in [-0.4, -0.2) is 55.6 Å². The lowest BCUT2D eigenvalue weighted by Crippen LogP contribution is -2.48. The first-order chi connectivity index (χ1) is 11.5. The van der Waals surface area contributed by atoms with Gasteiger partial charge in [0.1, 0.15) is 11.5 Å². The largest absolute Gasteiger partial charge is 0.497 e. The average Bonchev–Trinajstić information content (AvgIpc) is 2.58. The highest BCUT2D eigenvalue weighted by Gasteiger charge is 2.26. The van der Waals surface area contributed by atoms with Gasteiger partial charge < -0.3 is 19.3 Å². The number of methoxy groups -OCH3 is 2. The van der Waals surface area contributed by atoms with Crippen LogP contribution in [0, 0.1) is 0 Å². The predicted molar refractivity (Wildman–Crippen MR) is 94.7 cm³/mol. The highest BCUT2D eigenvalue weighted by molar-refractivity contribution is 5.39. The molecule has 0 aliphatic carbocycles. The van der Waals surface area contributed by atoms with Gasteiger partial charge in [-0.2, -0.15) is 0 Å². The minimum Gasteiger partial charge on any atom is -0.497 e. The van der Waals surface area contributed by atoms with Crippen LogP contribution in [-0.2, 0) is 11.3 Å². The van der Waals surface area contributed by atoms with Crippen LogP contribution in [0.3, 0.4) is 0 Å². The number of benzene rings is 1. The molecule has 1 aromatic carbocycles. The second-order valence-electron chi connectivity index (χ2n) is 6.67. The van der Waals surface area contributed by atoms with E-state index in [0.717, 1.165) is 17.1 Å². The Balaban J connectivity index is 1.83. The summed E-state index contributed by atoms with van der Waals surface area (Å²) >= 11 is 0. The molecular weight excluding hydrogens is 306 g/mol. The van der Waals surface area contributed by atoms with Gasteiger partial charge in [-0.3, -0.25) is 4.90 Å². The zero-order valence-corrected chi connectivity index (χ0v) is 15.3. The fourth-order valence-electron chi connectivity index (χ4n) is 3.43. The maximum Gasteiger partial charge on any atom is 0.124 e. The van der Waals surface area contributed by atoms with Crippen molar-refractivity contribution in [3.8, 4) is 11.5 Å². The molecule has 1 saturated heterocycles. The van der Waals surface area contributed by atoms with Crippen molar-refractivity contribution in [3.63, 3.8) is 0 Å². The van der Waals surface area contributed by atoms with E-state index >= 15 is 0 Å². The first-order valence-corrected chi connectivity index (χ1v) is 8.77. The summed E-state index contributed by atoms with van der Waals surface area (Å²) in [7, 11) is 3.27. The van der Waals surface area contributed by atoms with Crippen LogP contribution in [0.15, 0.2) is 18.2 Å². The second kappa shape index (κ2) is 9.25. The number of ether oxygens (including phenoxy) is 3. The first kappa shape index (κ1) is 19.0. The van der Waals surface area contributed by atoms with Crippen molar-refractivity contribution in [1.82, 2.24) is 4.90 Å². The van der Waals surface area contributed by atoms with Crippen molar-refractivity contribution in [2.24, 2.45) is 0 Å². The minimum atomic E-state index is -0.482. The molecule has 1 heterocycles. The third-order valence-corrected chi connectivity index (χ3v) is 4.85. The molecule has 3 atom stereocenters. The van der Waals surface area contributed by atoms with E-state index in [2.05, 4.69) is 18.7 Å². The molecule has 1 N–H and O–H groups in total. The molecule has 1 aliphatic rings. The fraction of sp³-hybridized carbons (Fsp3) is 0.684. The molecule has 0 radical (unpaired) electrons. The Bertz CT molecular complexity index is 498. The second-order valence-corrected chi connectivity index (χ2v) is 6.67. The van der Waals surface area contributed by atoms with Crippen molar-refractivity contribution in [3.05, 3.63) is 23.8 Å². The van der Waals surface area contributed by atoms with E-state index in [1.807, 2.05) is 18.2 Å². The number of piperidine rings is 1. The quantitative estimate of drug-likeness (QED) is 0.790. The molecule has 1 aromatic rings. The third-order valence-electron chi connectivity index (χ3n) is 4.85. The summed E-state index contributed by atoms with van der Waals surface area (Å²) in [5.74, 6) is 1.54. The number of hydrogen-bond acceptors (Lipinski definition) is 5. The van der Waals surface area contributed by atoms with Gasteiger partial charge in [0.2, 0.25) is 0 Å². The lowest BCUT2D eigenvalue weighted by Gasteiger charge is -2.40. The highest BCUT2D eigenvalue weighted by Crippen LogP contribution is 2.25. The van der Waals surface area contributed by atoms with Crippen LogP contribution in [0.1, 0.15) is 38.7 Å². The molecule has 1 fully saturated rings. The number of hydrogen-bond donors (Lipinski definition) is 1. The number of rotatable bonds is 8. The normalized spacial score (nSPS) is 23.0. The molecule has 0 amide bonds. The lowest BCUT2D eigenvalue weighted by molar-refractivity contribution is -0.0138. The molecule has 136 valence electrons. The summed E-state index contributed by atoms with van der Waals surface area (Å²) in [4.78, 5) is 2.39. The average molecular weight is 337 g/mol. The Morgan fingerprint density at radius 2 is 1.88 bits per heavy atom. The summed E-state index contributed by atoms with van der Waals surface area (Å²) in [6.07, 6.45) is 3.21. The molecule has 24 heavy (non-hydrogen) atoms. The monoisotopic (exact) mass is 337 g/mol. The Kier molecular flexibility index (Phi) is 7.34. The van der Waals surface area contributed by atoms with Gasteiger partial charge in [-0.05, 0) is 44.9 Å². The number of likely N-dealkylation sites (tertiary alicyclic amines) is 1. The molecule has 1 aliphatic heterocycles. The molecule has 5 heteroatoms. The van der Waals surface area contributed by atoms with E-state index in [-0.39, 0.29) is 0 Å². The van der Waals surface area contributed by atoms with Crippen molar-refractivity contribution in [2.75, 3.05) is 27.4 Å². The zero-order valence-electron chi connectivity index (χ0n) is 15.3. The Morgan fingerprint density at radius 1 is 1.17 bits per heavy atom. The van der Waals surface area contributed by atoms with Gasteiger partial charge in [-0.25, -0.2) is 0 Å². The predicted octanol–water partition coefficient (Wildman–Crippen LogP) is 2.84. The zero-order chi connectivity index (χ0) is 17.5. The van der Waals surface area contributed by atoms with Crippen LogP contribution in [0.5, 0.6) is 11.5 Å². The van der Waals surface area contributed by atoms with E-state index in [4.69, 9.17) is 14.2 Å². The minimum absolute atomic E-state index is 0.316. The first-order valence-electron chi connectivity index (χ1n) is 8.77. The van der Waals surface area contributed by atoms with E-state index in [9.17, 15) is 5.11 Å². The van der Waals surface area contributed by atoms with Crippen LogP contribution in [0.4, 0.5) is 0 Å². The van der Waals surface area contributed by atoms with Gasteiger partial charge in [-0.1, -0.05) is 6.42 Å². The maximum absolute atomic E-state index is 10.3. The molecular formula is C19H31NO4. The molecule has 5 nitrogen and oxygen atoms in total. The summed E-state index contributed by atoms with van der Waals surface area (Å²) in [6, 6.07) is 6.69. The molecule has 2 rings (SSSR count). The number of aliphatic hydroxyl groups excluding tert-OH is 1. The van der Waals surface area contributed by atoms with Gasteiger partial charge in [0, 0.05) is 24.2 Å². The van der Waals surface area contributed by atoms with Gasteiger partial charge >= 0.3 is 0 Å². The molecule has 0 spiro atoms. The summed E-state index contributed by atoms with van der Waals surface area (Å²) < 4.78 is 16.3. The van der Waals surface area contributed by atoms with Crippen LogP contribution in [0.25, 0.3) is 0 Å². The number of nitrogens with zero attached hydrogens (tertiary/aromatic N) is 1. The van der Waals surface area contributed by atoms with Crippen molar-refractivity contribution in [2.45, 2.75) is 57.9 Å². The lowest BCUT2D eigenvalue weighted by atomic mass is 9.97. The maximum atomic E-state index is 10.3.